The zero-order chi connectivity index (χ0) is 64.4. The van der Waals surface area contributed by atoms with Crippen LogP contribution in [0.3, 0.4) is 0 Å². The molecular weight excluding hydrogens is 1110 g/mol. The number of rotatable bonds is 69. The molecule has 11 nitrogen and oxygen atoms in total. The molecule has 1 aliphatic rings. The number of nitrogens with one attached hydrogen (secondary N) is 1. The molecule has 11 heteroatoms. The second-order valence-corrected chi connectivity index (χ2v) is 27.1. The number of allylic oxidation sites excluding steroid dienone is 5. The van der Waals surface area contributed by atoms with Crippen LogP contribution in [-0.2, 0) is 23.8 Å². The summed E-state index contributed by atoms with van der Waals surface area (Å²) in [5, 5.41) is 54.4. The Bertz CT molecular complexity index is 1570. The monoisotopic (exact) mass is 1260 g/mol. The van der Waals surface area contributed by atoms with Crippen LogP contribution in [0, 0.1) is 0 Å². The zero-order valence-electron chi connectivity index (χ0n) is 58.4. The van der Waals surface area contributed by atoms with Gasteiger partial charge in [-0.05, 0) is 70.6 Å². The smallest absolute Gasteiger partial charge is 0.305 e. The van der Waals surface area contributed by atoms with Gasteiger partial charge in [0.05, 0.1) is 32.0 Å². The van der Waals surface area contributed by atoms with E-state index in [1.54, 1.807) is 6.08 Å². The van der Waals surface area contributed by atoms with E-state index < -0.39 is 49.5 Å². The number of carbonyl (C=O) groups is 2. The molecule has 0 aromatic carbocycles. The van der Waals surface area contributed by atoms with Crippen LogP contribution in [0.2, 0.25) is 0 Å². The zero-order valence-corrected chi connectivity index (χ0v) is 58.4. The molecule has 524 valence electrons. The molecule has 0 aromatic rings. The second kappa shape index (κ2) is 67.3. The van der Waals surface area contributed by atoms with Crippen molar-refractivity contribution in [3.63, 3.8) is 0 Å². The second-order valence-electron chi connectivity index (χ2n) is 27.1. The van der Waals surface area contributed by atoms with Crippen LogP contribution in [-0.4, -0.2) is 100 Å². The third-order valence-corrected chi connectivity index (χ3v) is 18.5. The Labute approximate surface area is 549 Å². The summed E-state index contributed by atoms with van der Waals surface area (Å²) in [5.41, 5.74) is 0. The van der Waals surface area contributed by atoms with Gasteiger partial charge in [-0.1, -0.05) is 339 Å². The van der Waals surface area contributed by atoms with Gasteiger partial charge in [-0.2, -0.15) is 0 Å². The van der Waals surface area contributed by atoms with E-state index in [9.17, 15) is 35.1 Å². The number of hydrogen-bond acceptors (Lipinski definition) is 10. The minimum atomic E-state index is -1.57. The molecule has 1 rings (SSSR count). The molecule has 0 spiro atoms. The van der Waals surface area contributed by atoms with Gasteiger partial charge in [-0.15, -0.1) is 0 Å². The highest BCUT2D eigenvalue weighted by Gasteiger charge is 2.44. The molecule has 0 saturated carbocycles. The summed E-state index contributed by atoms with van der Waals surface area (Å²) in [5.74, 6) is -0.170. The predicted octanol–water partition coefficient (Wildman–Crippen LogP) is 20.5. The topological polar surface area (TPSA) is 175 Å². The molecule has 0 bridgehead atoms. The van der Waals surface area contributed by atoms with Crippen molar-refractivity contribution in [3.05, 3.63) is 36.5 Å². The molecule has 0 radical (unpaired) electrons. The highest BCUT2D eigenvalue weighted by Crippen LogP contribution is 2.24. The molecule has 6 N–H and O–H groups in total. The standard InChI is InChI=1S/C78H147NO10/c1-3-5-7-9-11-13-44-48-52-56-60-64-71(81)70(69-88-78-77(86)76(85)75(84)72(68-80)89-78)79-73(82)65-61-57-53-49-46-42-40-38-36-34-32-30-28-26-24-22-20-18-16-15-17-19-21-23-25-27-29-31-33-35-37-39-41-43-47-51-55-59-63-67-87-74(83)66-62-58-54-50-45-14-12-10-8-6-4-2/h15-16,44,48,60,64,70-72,75-78,80-81,84-86H,3-14,17-43,45-47,49-59,61-63,65-69H2,1-2H3,(H,79,82)/b16-15-,48-44+,64-60+. The molecule has 7 unspecified atom stereocenters. The number of ether oxygens (including phenoxy) is 3. The first-order valence-electron chi connectivity index (χ1n) is 38.8. The van der Waals surface area contributed by atoms with Crippen molar-refractivity contribution in [2.75, 3.05) is 19.8 Å². The van der Waals surface area contributed by atoms with Crippen molar-refractivity contribution < 1.29 is 49.3 Å². The van der Waals surface area contributed by atoms with Crippen LogP contribution >= 0.6 is 0 Å². The average Bonchev–Trinajstić information content (AvgIpc) is 2.32. The maximum Gasteiger partial charge on any atom is 0.305 e. The minimum Gasteiger partial charge on any atom is -0.466 e. The van der Waals surface area contributed by atoms with Gasteiger partial charge in [0.15, 0.2) is 6.29 Å². The van der Waals surface area contributed by atoms with Gasteiger partial charge in [-0.3, -0.25) is 9.59 Å². The number of carbonyl (C=O) groups excluding carboxylic acids is 2. The highest BCUT2D eigenvalue weighted by molar-refractivity contribution is 5.76. The van der Waals surface area contributed by atoms with E-state index in [4.69, 9.17) is 14.2 Å². The fraction of sp³-hybridized carbons (Fsp3) is 0.897. The van der Waals surface area contributed by atoms with Crippen LogP contribution in [0.4, 0.5) is 0 Å². The largest absolute Gasteiger partial charge is 0.466 e. The molecular formula is C78H147NO10. The van der Waals surface area contributed by atoms with Gasteiger partial charge in [0.25, 0.3) is 0 Å². The SMILES string of the molecule is CCCCCCC/C=C/CC/C=C/C(O)C(COC1OC(CO)C(O)C(O)C1O)NC(=O)CCCCCCCCCCCCCCCCCCC/C=C\CCCCCCCCCCCCCCCCCCCCOC(=O)CCCCCCCCCCCCC. The summed E-state index contributed by atoms with van der Waals surface area (Å²) in [6, 6.07) is -0.823. The lowest BCUT2D eigenvalue weighted by Crippen LogP contribution is -2.60. The molecule has 0 aliphatic carbocycles. The lowest BCUT2D eigenvalue weighted by Gasteiger charge is -2.40. The number of aliphatic hydroxyl groups is 5. The van der Waals surface area contributed by atoms with E-state index in [0.717, 1.165) is 51.4 Å². The molecule has 1 saturated heterocycles. The molecule has 1 amide bonds. The molecule has 7 atom stereocenters. The maximum atomic E-state index is 13.0. The van der Waals surface area contributed by atoms with E-state index in [-0.39, 0.29) is 18.5 Å². The van der Waals surface area contributed by atoms with Crippen molar-refractivity contribution in [1.82, 2.24) is 5.32 Å². The van der Waals surface area contributed by atoms with Crippen LogP contribution < -0.4 is 5.32 Å². The third kappa shape index (κ3) is 56.0. The molecule has 0 aromatic heterocycles. The van der Waals surface area contributed by atoms with Gasteiger partial charge < -0.3 is 45.1 Å². The lowest BCUT2D eigenvalue weighted by atomic mass is 9.99. The Balaban J connectivity index is 1.89. The van der Waals surface area contributed by atoms with E-state index >= 15 is 0 Å². The molecule has 1 fully saturated rings. The Morgan fingerprint density at radius 3 is 1.11 bits per heavy atom. The number of hydrogen-bond donors (Lipinski definition) is 6. The van der Waals surface area contributed by atoms with E-state index in [1.165, 1.54) is 308 Å². The van der Waals surface area contributed by atoms with Crippen LogP contribution in [0.1, 0.15) is 386 Å². The predicted molar refractivity (Wildman–Crippen MR) is 375 cm³/mol. The van der Waals surface area contributed by atoms with Gasteiger partial charge in [0, 0.05) is 12.8 Å². The number of esters is 1. The van der Waals surface area contributed by atoms with Crippen LogP contribution in [0.15, 0.2) is 36.5 Å². The summed E-state index contributed by atoms with van der Waals surface area (Å²) >= 11 is 0. The van der Waals surface area contributed by atoms with Gasteiger partial charge in [0.1, 0.15) is 24.4 Å². The Hall–Kier alpha value is -2.12. The van der Waals surface area contributed by atoms with Gasteiger partial charge in [-0.25, -0.2) is 0 Å². The van der Waals surface area contributed by atoms with E-state index in [0.29, 0.717) is 19.4 Å². The van der Waals surface area contributed by atoms with Crippen molar-refractivity contribution in [2.24, 2.45) is 0 Å². The Morgan fingerprint density at radius 2 is 0.730 bits per heavy atom. The fourth-order valence-corrected chi connectivity index (χ4v) is 12.4. The molecule has 1 aliphatic heterocycles. The Morgan fingerprint density at radius 1 is 0.404 bits per heavy atom. The quantitative estimate of drug-likeness (QED) is 0.0195. The highest BCUT2D eigenvalue weighted by atomic mass is 16.7. The van der Waals surface area contributed by atoms with Gasteiger partial charge in [0.2, 0.25) is 5.91 Å². The number of unbranched alkanes of at least 4 members (excludes halogenated alkanes) is 51. The summed E-state index contributed by atoms with van der Waals surface area (Å²) in [6.07, 6.45) is 77.6. The maximum absolute atomic E-state index is 13.0. The molecule has 89 heavy (non-hydrogen) atoms. The van der Waals surface area contributed by atoms with E-state index in [2.05, 4.69) is 43.5 Å². The van der Waals surface area contributed by atoms with Crippen molar-refractivity contribution >= 4 is 11.9 Å². The fourth-order valence-electron chi connectivity index (χ4n) is 12.4. The average molecular weight is 1260 g/mol. The van der Waals surface area contributed by atoms with Crippen molar-refractivity contribution in [2.45, 2.75) is 429 Å². The van der Waals surface area contributed by atoms with Gasteiger partial charge >= 0.3 is 5.97 Å². The number of aliphatic hydroxyl groups excluding tert-OH is 5. The lowest BCUT2D eigenvalue weighted by molar-refractivity contribution is -0.302. The van der Waals surface area contributed by atoms with Crippen LogP contribution in [0.5, 0.6) is 0 Å². The first-order chi connectivity index (χ1) is 43.7. The summed E-state index contributed by atoms with van der Waals surface area (Å²) in [7, 11) is 0. The first-order valence-corrected chi connectivity index (χ1v) is 38.8. The minimum absolute atomic E-state index is 0.0167. The summed E-state index contributed by atoms with van der Waals surface area (Å²) < 4.78 is 16.7. The third-order valence-electron chi connectivity index (χ3n) is 18.5. The van der Waals surface area contributed by atoms with Crippen molar-refractivity contribution in [1.29, 1.82) is 0 Å². The summed E-state index contributed by atoms with van der Waals surface area (Å²) in [4.78, 5) is 25.1. The number of amides is 1. The van der Waals surface area contributed by atoms with Crippen LogP contribution in [0.25, 0.3) is 0 Å². The molecule has 1 heterocycles. The van der Waals surface area contributed by atoms with E-state index in [1.807, 2.05) is 6.08 Å². The summed E-state index contributed by atoms with van der Waals surface area (Å²) in [6.45, 7) is 4.35. The first kappa shape index (κ1) is 84.9. The van der Waals surface area contributed by atoms with Crippen molar-refractivity contribution in [3.8, 4) is 0 Å². The Kier molecular flexibility index (Phi) is 64.2. The normalized spacial score (nSPS) is 17.9.